The second-order valence-electron chi connectivity index (χ2n) is 5.88. The van der Waals surface area contributed by atoms with Crippen LogP contribution < -0.4 is 9.64 Å². The van der Waals surface area contributed by atoms with E-state index in [1.165, 1.54) is 0 Å². The maximum atomic E-state index is 11.0. The van der Waals surface area contributed by atoms with Crippen molar-refractivity contribution in [2.24, 2.45) is 0 Å². The fraction of sp³-hybridized carbons (Fsp3) is 0.333. The highest BCUT2D eigenvalue weighted by atomic mass is 32.2. The predicted molar refractivity (Wildman–Crippen MR) is 95.0 cm³/mol. The highest BCUT2D eigenvalue weighted by Crippen LogP contribution is 2.48. The minimum atomic E-state index is -3.95. The van der Waals surface area contributed by atoms with Crippen LogP contribution >= 0.6 is 0 Å². The lowest BCUT2D eigenvalue weighted by Gasteiger charge is -2.33. The molecule has 0 atom stereocenters. The third-order valence-corrected chi connectivity index (χ3v) is 4.84. The molecule has 3 rings (SSSR count). The van der Waals surface area contributed by atoms with Crippen LogP contribution in [-0.4, -0.2) is 25.3 Å². The molecule has 0 unspecified atom stereocenters. The summed E-state index contributed by atoms with van der Waals surface area (Å²) in [6.45, 7) is 2.61. The van der Waals surface area contributed by atoms with Crippen LogP contribution in [0.25, 0.3) is 0 Å². The smallest absolute Gasteiger partial charge is 0.264 e. The predicted octanol–water partition coefficient (Wildman–Crippen LogP) is 4.16. The third kappa shape index (κ3) is 3.55. The van der Waals surface area contributed by atoms with E-state index in [0.29, 0.717) is 13.0 Å². The summed E-state index contributed by atoms with van der Waals surface area (Å²) in [7, 11) is -3.95. The molecule has 0 aliphatic carbocycles. The summed E-state index contributed by atoms with van der Waals surface area (Å²) in [5.74, 6) is 1.35. The van der Waals surface area contributed by atoms with Gasteiger partial charge in [0.15, 0.2) is 11.5 Å². The zero-order valence-corrected chi connectivity index (χ0v) is 14.4. The van der Waals surface area contributed by atoms with E-state index in [1.54, 1.807) is 0 Å². The summed E-state index contributed by atoms with van der Waals surface area (Å²) in [5, 5.41) is 0. The number of benzene rings is 2. The van der Waals surface area contributed by atoms with Crippen LogP contribution in [0.5, 0.6) is 11.5 Å². The average Bonchev–Trinajstić information content (AvgIpc) is 2.54. The van der Waals surface area contributed by atoms with Crippen molar-refractivity contribution in [3.8, 4) is 11.5 Å². The van der Waals surface area contributed by atoms with E-state index >= 15 is 0 Å². The van der Waals surface area contributed by atoms with Crippen molar-refractivity contribution in [3.05, 3.63) is 48.0 Å². The molecule has 24 heavy (non-hydrogen) atoms. The summed E-state index contributed by atoms with van der Waals surface area (Å²) in [5.41, 5.74) is 2.99. The summed E-state index contributed by atoms with van der Waals surface area (Å²) in [6, 6.07) is 13.8. The number of ether oxygens (including phenoxy) is 1. The highest BCUT2D eigenvalue weighted by molar-refractivity contribution is 7.85. The summed E-state index contributed by atoms with van der Waals surface area (Å²) in [6.07, 6.45) is 2.28. The Morgan fingerprint density at radius 2 is 1.83 bits per heavy atom. The monoisotopic (exact) mass is 347 g/mol. The maximum Gasteiger partial charge on any atom is 0.264 e. The minimum Gasteiger partial charge on any atom is -0.453 e. The average molecular weight is 347 g/mol. The standard InChI is InChI=1S/C18H21NO4S/c1-2-7-14-8-5-10-16-18(14)23-17-11-4-3-9-15(17)19(16)12-6-13-24(20,21)22/h3-5,8-11H,2,6-7,12-13H2,1H3,(H,20,21,22). The van der Waals surface area contributed by atoms with Gasteiger partial charge in [0.05, 0.1) is 17.1 Å². The Hall–Kier alpha value is -2.05. The van der Waals surface area contributed by atoms with E-state index < -0.39 is 10.1 Å². The first kappa shape index (κ1) is 16.8. The van der Waals surface area contributed by atoms with E-state index in [9.17, 15) is 8.42 Å². The van der Waals surface area contributed by atoms with Gasteiger partial charge in [-0.05, 0) is 36.6 Å². The molecule has 0 radical (unpaired) electrons. The highest BCUT2D eigenvalue weighted by Gasteiger charge is 2.25. The molecule has 0 saturated heterocycles. The van der Waals surface area contributed by atoms with Crippen molar-refractivity contribution in [2.75, 3.05) is 17.2 Å². The summed E-state index contributed by atoms with van der Waals surface area (Å²) < 4.78 is 37.1. The fourth-order valence-electron chi connectivity index (χ4n) is 3.02. The minimum absolute atomic E-state index is 0.253. The van der Waals surface area contributed by atoms with Crippen LogP contribution in [-0.2, 0) is 16.5 Å². The number of anilines is 2. The third-order valence-electron chi connectivity index (χ3n) is 4.04. The number of fused-ring (bicyclic) bond motifs is 2. The van der Waals surface area contributed by atoms with E-state index in [4.69, 9.17) is 9.29 Å². The van der Waals surface area contributed by atoms with Crippen molar-refractivity contribution in [1.82, 2.24) is 0 Å². The van der Waals surface area contributed by atoms with Gasteiger partial charge in [0, 0.05) is 6.54 Å². The van der Waals surface area contributed by atoms with Gasteiger partial charge in [-0.15, -0.1) is 0 Å². The number of rotatable bonds is 6. The molecule has 1 aliphatic heterocycles. The lowest BCUT2D eigenvalue weighted by molar-refractivity contribution is 0.465. The van der Waals surface area contributed by atoms with Crippen LogP contribution in [0, 0.1) is 0 Å². The first-order valence-corrected chi connectivity index (χ1v) is 9.72. The van der Waals surface area contributed by atoms with Crippen LogP contribution in [0.3, 0.4) is 0 Å². The molecule has 128 valence electrons. The van der Waals surface area contributed by atoms with Gasteiger partial charge in [-0.1, -0.05) is 37.6 Å². The van der Waals surface area contributed by atoms with Gasteiger partial charge in [0.2, 0.25) is 0 Å². The van der Waals surface area contributed by atoms with E-state index in [1.807, 2.05) is 36.4 Å². The second kappa shape index (κ2) is 6.83. The van der Waals surface area contributed by atoms with Crippen molar-refractivity contribution in [2.45, 2.75) is 26.2 Å². The molecular formula is C18H21NO4S. The first-order chi connectivity index (χ1) is 11.5. The van der Waals surface area contributed by atoms with Crippen LogP contribution in [0.15, 0.2) is 42.5 Å². The van der Waals surface area contributed by atoms with Crippen LogP contribution in [0.2, 0.25) is 0 Å². The Labute approximate surface area is 142 Å². The Balaban J connectivity index is 1.97. The molecule has 0 bridgehead atoms. The SMILES string of the molecule is CCCc1cccc2c1Oc1ccccc1N2CCCS(=O)(=O)O. The Morgan fingerprint density at radius 1 is 1.08 bits per heavy atom. The molecular weight excluding hydrogens is 326 g/mol. The van der Waals surface area contributed by atoms with Crippen LogP contribution in [0.1, 0.15) is 25.3 Å². The zero-order valence-electron chi connectivity index (χ0n) is 13.6. The van der Waals surface area contributed by atoms with Gasteiger partial charge in [0.1, 0.15) is 0 Å². The number of aryl methyl sites for hydroxylation is 1. The molecule has 1 N–H and O–H groups in total. The summed E-state index contributed by atoms with van der Waals surface area (Å²) in [4.78, 5) is 2.07. The zero-order chi connectivity index (χ0) is 17.2. The van der Waals surface area contributed by atoms with Crippen molar-refractivity contribution in [1.29, 1.82) is 0 Å². The summed E-state index contributed by atoms with van der Waals surface area (Å²) >= 11 is 0. The second-order valence-corrected chi connectivity index (χ2v) is 7.45. The normalized spacial score (nSPS) is 13.2. The van der Waals surface area contributed by atoms with Gasteiger partial charge in [0.25, 0.3) is 10.1 Å². The maximum absolute atomic E-state index is 11.0. The lowest BCUT2D eigenvalue weighted by Crippen LogP contribution is -2.24. The topological polar surface area (TPSA) is 66.8 Å². The molecule has 0 saturated carbocycles. The van der Waals surface area contributed by atoms with Gasteiger partial charge >= 0.3 is 0 Å². The molecule has 2 aromatic rings. The molecule has 6 heteroatoms. The lowest BCUT2D eigenvalue weighted by atomic mass is 10.0. The van der Waals surface area contributed by atoms with E-state index in [-0.39, 0.29) is 5.75 Å². The molecule has 1 heterocycles. The Bertz CT molecular complexity index is 833. The molecule has 0 spiro atoms. The molecule has 1 aliphatic rings. The molecule has 0 aromatic heterocycles. The molecule has 0 fully saturated rings. The molecule has 5 nitrogen and oxygen atoms in total. The van der Waals surface area contributed by atoms with Gasteiger partial charge in [-0.2, -0.15) is 8.42 Å². The number of nitrogens with zero attached hydrogens (tertiary/aromatic N) is 1. The van der Waals surface area contributed by atoms with E-state index in [0.717, 1.165) is 41.3 Å². The van der Waals surface area contributed by atoms with Gasteiger partial charge < -0.3 is 9.64 Å². The number of para-hydroxylation sites is 3. The molecule has 2 aromatic carbocycles. The first-order valence-electron chi connectivity index (χ1n) is 8.11. The van der Waals surface area contributed by atoms with E-state index in [2.05, 4.69) is 17.9 Å². The Morgan fingerprint density at radius 3 is 2.58 bits per heavy atom. The van der Waals surface area contributed by atoms with Gasteiger partial charge in [-0.25, -0.2) is 0 Å². The fourth-order valence-corrected chi connectivity index (χ4v) is 3.51. The van der Waals surface area contributed by atoms with Crippen molar-refractivity contribution >= 4 is 21.5 Å². The quantitative estimate of drug-likeness (QED) is 0.795. The molecule has 0 amide bonds. The Kier molecular flexibility index (Phi) is 4.78. The number of hydrogen-bond acceptors (Lipinski definition) is 4. The van der Waals surface area contributed by atoms with Crippen molar-refractivity contribution < 1.29 is 17.7 Å². The number of hydrogen-bond donors (Lipinski definition) is 1. The largest absolute Gasteiger partial charge is 0.453 e. The van der Waals surface area contributed by atoms with Gasteiger partial charge in [-0.3, -0.25) is 4.55 Å². The van der Waals surface area contributed by atoms with Crippen molar-refractivity contribution in [3.63, 3.8) is 0 Å². The van der Waals surface area contributed by atoms with Crippen LogP contribution in [0.4, 0.5) is 11.4 Å².